The molecule has 0 saturated carbocycles. The van der Waals surface area contributed by atoms with Gasteiger partial charge in [-0.25, -0.2) is 0 Å². The summed E-state index contributed by atoms with van der Waals surface area (Å²) in [6.07, 6.45) is 1.78. The fraction of sp³-hybridized carbons (Fsp3) is 0.250. The number of ketones is 1. The number of benzene rings is 3. The van der Waals surface area contributed by atoms with Gasteiger partial charge in [-0.2, -0.15) is 0 Å². The lowest BCUT2D eigenvalue weighted by molar-refractivity contribution is 0.101. The highest BCUT2D eigenvalue weighted by Crippen LogP contribution is 2.40. The summed E-state index contributed by atoms with van der Waals surface area (Å²) < 4.78 is 6.03. The Balaban J connectivity index is 1.29. The first-order valence-corrected chi connectivity index (χ1v) is 11.4. The van der Waals surface area contributed by atoms with E-state index in [0.29, 0.717) is 29.2 Å². The van der Waals surface area contributed by atoms with Crippen LogP contribution >= 0.6 is 0 Å². The number of fused-ring (bicyclic) bond motifs is 1. The molecule has 0 aliphatic carbocycles. The number of phenols is 1. The number of aryl methyl sites for hydroxylation is 1. The maximum absolute atomic E-state index is 13.0. The molecule has 3 aromatic carbocycles. The molecular formula is C28H28N2O3. The van der Waals surface area contributed by atoms with E-state index in [2.05, 4.69) is 34.1 Å². The van der Waals surface area contributed by atoms with Crippen molar-refractivity contribution in [2.75, 3.05) is 26.2 Å². The van der Waals surface area contributed by atoms with Crippen molar-refractivity contribution in [1.29, 1.82) is 0 Å². The Kier molecular flexibility index (Phi) is 5.99. The molecule has 0 spiro atoms. The molecule has 168 valence electrons. The Morgan fingerprint density at radius 2 is 1.64 bits per heavy atom. The highest BCUT2D eigenvalue weighted by molar-refractivity contribution is 6.15. The number of allylic oxidation sites excluding steroid dienone is 1. The standard InChI is InChI=1S/C28H28N2O3/c1-20-6-5-9-22(16-20)17-26-27(32)23-10-11-25(31)24(28(23)33-26)19-30-14-12-29(13-15-30)18-21-7-3-2-4-8-21/h2-11,16-17,31H,12-15,18-19H2,1H3/b26-17-. The topological polar surface area (TPSA) is 53.0 Å². The van der Waals surface area contributed by atoms with Crippen molar-refractivity contribution < 1.29 is 14.6 Å². The third-order valence-electron chi connectivity index (χ3n) is 6.35. The summed E-state index contributed by atoms with van der Waals surface area (Å²) in [5.41, 5.74) is 4.57. The lowest BCUT2D eigenvalue weighted by atomic mass is 10.0. The van der Waals surface area contributed by atoms with Gasteiger partial charge in [-0.05, 0) is 36.3 Å². The van der Waals surface area contributed by atoms with Gasteiger partial charge in [0.2, 0.25) is 5.78 Å². The van der Waals surface area contributed by atoms with Crippen LogP contribution in [0.4, 0.5) is 0 Å². The van der Waals surface area contributed by atoms with Crippen LogP contribution in [0.3, 0.4) is 0 Å². The molecule has 0 bridgehead atoms. The minimum atomic E-state index is -0.138. The van der Waals surface area contributed by atoms with Gasteiger partial charge in [-0.1, -0.05) is 60.2 Å². The van der Waals surface area contributed by atoms with Crippen LogP contribution in [0.15, 0.2) is 72.5 Å². The van der Waals surface area contributed by atoms with Gasteiger partial charge in [0, 0.05) is 39.3 Å². The summed E-state index contributed by atoms with van der Waals surface area (Å²) in [6, 6.07) is 21.7. The molecule has 5 nitrogen and oxygen atoms in total. The second-order valence-corrected chi connectivity index (χ2v) is 8.83. The van der Waals surface area contributed by atoms with Gasteiger partial charge in [-0.15, -0.1) is 0 Å². The number of rotatable bonds is 5. The predicted octanol–water partition coefficient (Wildman–Crippen LogP) is 4.63. The molecule has 1 fully saturated rings. The van der Waals surface area contributed by atoms with Crippen molar-refractivity contribution in [2.24, 2.45) is 0 Å². The van der Waals surface area contributed by atoms with E-state index in [1.54, 1.807) is 18.2 Å². The van der Waals surface area contributed by atoms with Crippen molar-refractivity contribution in [3.8, 4) is 11.5 Å². The van der Waals surface area contributed by atoms with E-state index in [0.717, 1.165) is 43.9 Å². The van der Waals surface area contributed by atoms with E-state index in [1.807, 2.05) is 37.3 Å². The number of hydrogen-bond acceptors (Lipinski definition) is 5. The molecule has 1 N–H and O–H groups in total. The van der Waals surface area contributed by atoms with E-state index in [9.17, 15) is 9.90 Å². The lowest BCUT2D eigenvalue weighted by Crippen LogP contribution is -2.45. The van der Waals surface area contributed by atoms with Crippen LogP contribution in [0.5, 0.6) is 11.5 Å². The normalized spacial score (nSPS) is 17.8. The van der Waals surface area contributed by atoms with E-state index < -0.39 is 0 Å². The fourth-order valence-electron chi connectivity index (χ4n) is 4.53. The van der Waals surface area contributed by atoms with E-state index in [4.69, 9.17) is 4.74 Å². The number of piperazine rings is 1. The maximum atomic E-state index is 13.0. The molecule has 2 aliphatic rings. The summed E-state index contributed by atoms with van der Waals surface area (Å²) >= 11 is 0. The summed E-state index contributed by atoms with van der Waals surface area (Å²) in [5.74, 6) is 0.825. The van der Waals surface area contributed by atoms with E-state index in [-0.39, 0.29) is 11.5 Å². The maximum Gasteiger partial charge on any atom is 0.231 e. The van der Waals surface area contributed by atoms with Crippen molar-refractivity contribution >= 4 is 11.9 Å². The Labute approximate surface area is 194 Å². The van der Waals surface area contributed by atoms with Crippen LogP contribution in [0.2, 0.25) is 0 Å². The van der Waals surface area contributed by atoms with Crippen molar-refractivity contribution in [3.05, 3.63) is 100 Å². The molecule has 2 heterocycles. The minimum Gasteiger partial charge on any atom is -0.507 e. The quantitative estimate of drug-likeness (QED) is 0.586. The second kappa shape index (κ2) is 9.22. The number of phenolic OH excluding ortho intramolecular Hbond substituents is 1. The van der Waals surface area contributed by atoms with Crippen molar-refractivity contribution in [3.63, 3.8) is 0 Å². The van der Waals surface area contributed by atoms with Gasteiger partial charge in [0.15, 0.2) is 5.76 Å². The Hall–Kier alpha value is -3.41. The second-order valence-electron chi connectivity index (χ2n) is 8.83. The zero-order valence-electron chi connectivity index (χ0n) is 18.8. The van der Waals surface area contributed by atoms with Crippen LogP contribution in [0.1, 0.15) is 32.6 Å². The number of hydrogen-bond donors (Lipinski definition) is 1. The molecule has 5 heteroatoms. The first-order chi connectivity index (χ1) is 16.1. The summed E-state index contributed by atoms with van der Waals surface area (Å²) in [4.78, 5) is 17.7. The summed E-state index contributed by atoms with van der Waals surface area (Å²) in [6.45, 7) is 7.24. The molecule has 0 aromatic heterocycles. The van der Waals surface area contributed by atoms with Crippen LogP contribution in [-0.4, -0.2) is 46.9 Å². The molecular weight excluding hydrogens is 412 g/mol. The average Bonchev–Trinajstić information content (AvgIpc) is 3.13. The van der Waals surface area contributed by atoms with Crippen LogP contribution < -0.4 is 4.74 Å². The molecule has 0 unspecified atom stereocenters. The molecule has 3 aromatic rings. The van der Waals surface area contributed by atoms with Gasteiger partial charge in [-0.3, -0.25) is 14.6 Å². The Bertz CT molecular complexity index is 1200. The number of carbonyl (C=O) groups excluding carboxylic acids is 1. The van der Waals surface area contributed by atoms with Gasteiger partial charge in [0.05, 0.1) is 11.1 Å². The number of nitrogens with zero attached hydrogens (tertiary/aromatic N) is 2. The number of carbonyl (C=O) groups is 1. The highest BCUT2D eigenvalue weighted by atomic mass is 16.5. The van der Waals surface area contributed by atoms with Gasteiger partial charge < -0.3 is 9.84 Å². The predicted molar refractivity (Wildman–Crippen MR) is 129 cm³/mol. The first kappa shape index (κ1) is 21.4. The average molecular weight is 441 g/mol. The number of aromatic hydroxyl groups is 1. The number of ether oxygens (including phenoxy) is 1. The van der Waals surface area contributed by atoms with Gasteiger partial charge in [0.25, 0.3) is 0 Å². The Morgan fingerprint density at radius 1 is 0.909 bits per heavy atom. The van der Waals surface area contributed by atoms with Crippen LogP contribution in [0, 0.1) is 6.92 Å². The lowest BCUT2D eigenvalue weighted by Gasteiger charge is -2.35. The van der Waals surface area contributed by atoms with Crippen LogP contribution in [-0.2, 0) is 13.1 Å². The third-order valence-corrected chi connectivity index (χ3v) is 6.35. The SMILES string of the molecule is Cc1cccc(/C=C2\Oc3c(ccc(O)c3CN3CCN(Cc4ccccc4)CC3)C2=O)c1. The van der Waals surface area contributed by atoms with E-state index >= 15 is 0 Å². The van der Waals surface area contributed by atoms with Crippen LogP contribution in [0.25, 0.3) is 6.08 Å². The fourth-order valence-corrected chi connectivity index (χ4v) is 4.53. The first-order valence-electron chi connectivity index (χ1n) is 11.4. The largest absolute Gasteiger partial charge is 0.507 e. The highest BCUT2D eigenvalue weighted by Gasteiger charge is 2.32. The number of Topliss-reactive ketones (excluding diaryl/α,β-unsaturated/α-hetero) is 1. The summed E-state index contributed by atoms with van der Waals surface area (Å²) in [5, 5.41) is 10.6. The van der Waals surface area contributed by atoms with Gasteiger partial charge in [0.1, 0.15) is 11.5 Å². The molecule has 0 atom stereocenters. The molecule has 1 saturated heterocycles. The molecule has 33 heavy (non-hydrogen) atoms. The van der Waals surface area contributed by atoms with Crippen molar-refractivity contribution in [1.82, 2.24) is 9.80 Å². The van der Waals surface area contributed by atoms with E-state index in [1.165, 1.54) is 5.56 Å². The molecule has 2 aliphatic heterocycles. The minimum absolute atomic E-state index is 0.138. The van der Waals surface area contributed by atoms with Gasteiger partial charge >= 0.3 is 0 Å². The zero-order chi connectivity index (χ0) is 22.8. The smallest absolute Gasteiger partial charge is 0.231 e. The summed E-state index contributed by atoms with van der Waals surface area (Å²) in [7, 11) is 0. The third kappa shape index (κ3) is 4.70. The molecule has 0 amide bonds. The Morgan fingerprint density at radius 3 is 2.36 bits per heavy atom. The zero-order valence-corrected chi connectivity index (χ0v) is 18.8. The van der Waals surface area contributed by atoms with Crippen molar-refractivity contribution in [2.45, 2.75) is 20.0 Å². The molecule has 0 radical (unpaired) electrons. The monoisotopic (exact) mass is 440 g/mol. The molecule has 5 rings (SSSR count).